The van der Waals surface area contributed by atoms with Gasteiger partial charge in [0.05, 0.1) is 13.0 Å². The molecule has 0 radical (unpaired) electrons. The number of ether oxygens (including phenoxy) is 1. The Morgan fingerprint density at radius 2 is 1.92 bits per heavy atom. The molecule has 2 aromatic carbocycles. The Morgan fingerprint density at radius 1 is 1.19 bits per heavy atom. The van der Waals surface area contributed by atoms with E-state index < -0.39 is 0 Å². The number of hydrogen-bond acceptors (Lipinski definition) is 3. The number of nitrogens with zero attached hydrogens (tertiary/aromatic N) is 1. The van der Waals surface area contributed by atoms with Gasteiger partial charge in [-0.15, -0.1) is 0 Å². The van der Waals surface area contributed by atoms with E-state index in [9.17, 15) is 9.59 Å². The van der Waals surface area contributed by atoms with Crippen LogP contribution in [0.5, 0.6) is 5.75 Å². The van der Waals surface area contributed by atoms with E-state index in [4.69, 9.17) is 4.74 Å². The molecule has 1 saturated heterocycles. The molecule has 0 bridgehead atoms. The number of rotatable bonds is 6. The molecule has 1 atom stereocenters. The normalized spacial score (nSPS) is 16.6. The Morgan fingerprint density at radius 3 is 2.65 bits per heavy atom. The van der Waals surface area contributed by atoms with E-state index in [1.54, 1.807) is 12.0 Å². The maximum Gasteiger partial charge on any atom is 0.225 e. The highest BCUT2D eigenvalue weighted by Gasteiger charge is 2.34. The van der Waals surface area contributed by atoms with Crippen LogP contribution in [0.4, 0.5) is 0 Å². The molecular formula is C21H24N2O3. The summed E-state index contributed by atoms with van der Waals surface area (Å²) in [6.07, 6.45) is 0.267. The van der Waals surface area contributed by atoms with Crippen LogP contribution in [0.15, 0.2) is 48.5 Å². The standard InChI is InChI=1S/C21H24N2O3/c1-15-7-9-16(10-8-15)13-23-14-18(11-20(23)24)21(25)22-12-17-5-3-4-6-19(17)26-2/h3-10,18H,11-14H2,1-2H3,(H,22,25)/t18-/m0/s1. The van der Waals surface area contributed by atoms with Gasteiger partial charge in [0, 0.05) is 31.6 Å². The lowest BCUT2D eigenvalue weighted by atomic mass is 10.1. The lowest BCUT2D eigenvalue weighted by molar-refractivity contribution is -0.129. The Kier molecular flexibility index (Phi) is 5.56. The van der Waals surface area contributed by atoms with Crippen LogP contribution >= 0.6 is 0 Å². The van der Waals surface area contributed by atoms with Crippen molar-refractivity contribution in [1.29, 1.82) is 0 Å². The molecule has 1 N–H and O–H groups in total. The molecule has 136 valence electrons. The Hall–Kier alpha value is -2.82. The zero-order valence-electron chi connectivity index (χ0n) is 15.2. The summed E-state index contributed by atoms with van der Waals surface area (Å²) in [4.78, 5) is 26.5. The molecule has 1 fully saturated rings. The zero-order valence-corrected chi connectivity index (χ0v) is 15.2. The van der Waals surface area contributed by atoms with Crippen molar-refractivity contribution >= 4 is 11.8 Å². The molecule has 5 heteroatoms. The van der Waals surface area contributed by atoms with E-state index >= 15 is 0 Å². The van der Waals surface area contributed by atoms with Crippen molar-refractivity contribution in [2.24, 2.45) is 5.92 Å². The molecule has 2 aromatic rings. The maximum absolute atomic E-state index is 12.5. The second-order valence-corrected chi connectivity index (χ2v) is 6.69. The van der Waals surface area contributed by atoms with Gasteiger partial charge < -0.3 is 15.0 Å². The first kappa shape index (κ1) is 18.0. The van der Waals surface area contributed by atoms with Gasteiger partial charge in [-0.05, 0) is 18.6 Å². The molecule has 1 heterocycles. The minimum atomic E-state index is -0.303. The fourth-order valence-electron chi connectivity index (χ4n) is 3.19. The first-order valence-corrected chi connectivity index (χ1v) is 8.79. The van der Waals surface area contributed by atoms with Crippen LogP contribution in [0.25, 0.3) is 0 Å². The van der Waals surface area contributed by atoms with Crippen molar-refractivity contribution in [3.8, 4) is 5.75 Å². The number of aryl methyl sites for hydroxylation is 1. The third kappa shape index (κ3) is 4.23. The van der Waals surface area contributed by atoms with Gasteiger partial charge in [-0.25, -0.2) is 0 Å². The molecule has 26 heavy (non-hydrogen) atoms. The summed E-state index contributed by atoms with van der Waals surface area (Å²) in [7, 11) is 1.61. The summed E-state index contributed by atoms with van der Waals surface area (Å²) < 4.78 is 5.30. The van der Waals surface area contributed by atoms with Crippen LogP contribution < -0.4 is 10.1 Å². The largest absolute Gasteiger partial charge is 0.496 e. The van der Waals surface area contributed by atoms with Gasteiger partial charge in [-0.3, -0.25) is 9.59 Å². The first-order chi connectivity index (χ1) is 12.6. The molecule has 0 spiro atoms. The topological polar surface area (TPSA) is 58.6 Å². The van der Waals surface area contributed by atoms with Crippen LogP contribution in [-0.2, 0) is 22.7 Å². The second kappa shape index (κ2) is 8.04. The number of hydrogen-bond donors (Lipinski definition) is 1. The number of carbonyl (C=O) groups is 2. The van der Waals surface area contributed by atoms with Crippen LogP contribution in [-0.4, -0.2) is 30.4 Å². The smallest absolute Gasteiger partial charge is 0.225 e. The highest BCUT2D eigenvalue weighted by Crippen LogP contribution is 2.22. The molecule has 0 aliphatic carbocycles. The fraction of sp³-hybridized carbons (Fsp3) is 0.333. The highest BCUT2D eigenvalue weighted by atomic mass is 16.5. The molecule has 0 saturated carbocycles. The summed E-state index contributed by atoms with van der Waals surface area (Å²) in [5.74, 6) is 0.387. The second-order valence-electron chi connectivity index (χ2n) is 6.69. The average Bonchev–Trinajstić information content (AvgIpc) is 3.02. The summed E-state index contributed by atoms with van der Waals surface area (Å²) in [5.41, 5.74) is 3.19. The SMILES string of the molecule is COc1ccccc1CNC(=O)[C@H]1CC(=O)N(Cc2ccc(C)cc2)C1. The van der Waals surface area contributed by atoms with Crippen molar-refractivity contribution in [1.82, 2.24) is 10.2 Å². The number of para-hydroxylation sites is 1. The van der Waals surface area contributed by atoms with Crippen LogP contribution in [0, 0.1) is 12.8 Å². The summed E-state index contributed by atoms with van der Waals surface area (Å²) in [6.45, 7) is 3.44. The zero-order chi connectivity index (χ0) is 18.5. The van der Waals surface area contributed by atoms with E-state index in [0.29, 0.717) is 19.6 Å². The summed E-state index contributed by atoms with van der Waals surface area (Å²) in [6, 6.07) is 15.7. The van der Waals surface area contributed by atoms with Crippen LogP contribution in [0.3, 0.4) is 0 Å². The van der Waals surface area contributed by atoms with E-state index in [2.05, 4.69) is 5.32 Å². The van der Waals surface area contributed by atoms with Crippen molar-refractivity contribution in [2.75, 3.05) is 13.7 Å². The van der Waals surface area contributed by atoms with Crippen LogP contribution in [0.2, 0.25) is 0 Å². The quantitative estimate of drug-likeness (QED) is 0.870. The number of benzene rings is 2. The third-order valence-electron chi connectivity index (χ3n) is 4.72. The molecule has 0 unspecified atom stereocenters. The molecular weight excluding hydrogens is 328 g/mol. The van der Waals surface area contributed by atoms with Gasteiger partial charge in [-0.1, -0.05) is 48.0 Å². The maximum atomic E-state index is 12.5. The Bertz CT molecular complexity index is 786. The first-order valence-electron chi connectivity index (χ1n) is 8.79. The molecule has 2 amide bonds. The van der Waals surface area contributed by atoms with Gasteiger partial charge in [0.25, 0.3) is 0 Å². The minimum absolute atomic E-state index is 0.0306. The van der Waals surface area contributed by atoms with Gasteiger partial charge in [-0.2, -0.15) is 0 Å². The van der Waals surface area contributed by atoms with Gasteiger partial charge in [0.2, 0.25) is 11.8 Å². The van der Waals surface area contributed by atoms with Gasteiger partial charge in [0.15, 0.2) is 0 Å². The predicted octanol–water partition coefficient (Wildman–Crippen LogP) is 2.67. The van der Waals surface area contributed by atoms with E-state index in [0.717, 1.165) is 16.9 Å². The van der Waals surface area contributed by atoms with E-state index in [-0.39, 0.29) is 24.2 Å². The number of amides is 2. The number of carbonyl (C=O) groups excluding carboxylic acids is 2. The number of nitrogens with one attached hydrogen (secondary N) is 1. The van der Waals surface area contributed by atoms with E-state index in [1.807, 2.05) is 55.5 Å². The Labute approximate surface area is 154 Å². The van der Waals surface area contributed by atoms with Crippen LogP contribution in [0.1, 0.15) is 23.1 Å². The van der Waals surface area contributed by atoms with Crippen molar-refractivity contribution in [3.63, 3.8) is 0 Å². The molecule has 1 aliphatic heterocycles. The Balaban J connectivity index is 1.55. The third-order valence-corrected chi connectivity index (χ3v) is 4.72. The summed E-state index contributed by atoms with van der Waals surface area (Å²) >= 11 is 0. The van der Waals surface area contributed by atoms with E-state index in [1.165, 1.54) is 5.56 Å². The monoisotopic (exact) mass is 352 g/mol. The molecule has 0 aromatic heterocycles. The average molecular weight is 352 g/mol. The van der Waals surface area contributed by atoms with Crippen molar-refractivity contribution < 1.29 is 14.3 Å². The predicted molar refractivity (Wildman–Crippen MR) is 99.5 cm³/mol. The molecule has 3 rings (SSSR count). The number of likely N-dealkylation sites (tertiary alicyclic amines) is 1. The molecule has 1 aliphatic rings. The van der Waals surface area contributed by atoms with Gasteiger partial charge >= 0.3 is 0 Å². The highest BCUT2D eigenvalue weighted by molar-refractivity contribution is 5.89. The lowest BCUT2D eigenvalue weighted by Gasteiger charge is -2.17. The summed E-state index contributed by atoms with van der Waals surface area (Å²) in [5, 5.41) is 2.93. The number of methoxy groups -OCH3 is 1. The van der Waals surface area contributed by atoms with Gasteiger partial charge in [0.1, 0.15) is 5.75 Å². The minimum Gasteiger partial charge on any atom is -0.496 e. The van der Waals surface area contributed by atoms with Crippen molar-refractivity contribution in [3.05, 3.63) is 65.2 Å². The lowest BCUT2D eigenvalue weighted by Crippen LogP contribution is -2.32. The molecule has 5 nitrogen and oxygen atoms in total. The fourth-order valence-corrected chi connectivity index (χ4v) is 3.19. The van der Waals surface area contributed by atoms with Crippen molar-refractivity contribution in [2.45, 2.75) is 26.4 Å².